The maximum absolute atomic E-state index is 10.9. The second-order valence-electron chi connectivity index (χ2n) is 6.04. The lowest BCUT2D eigenvalue weighted by molar-refractivity contribution is -0.119. The van der Waals surface area contributed by atoms with Gasteiger partial charge in [-0.15, -0.1) is 0 Å². The number of benzene rings is 1. The number of methoxy groups -OCH3 is 1. The molecule has 0 spiro atoms. The zero-order valence-electron chi connectivity index (χ0n) is 14.3. The van der Waals surface area contributed by atoms with E-state index in [9.17, 15) is 4.79 Å². The van der Waals surface area contributed by atoms with E-state index in [4.69, 9.17) is 26.8 Å². The van der Waals surface area contributed by atoms with E-state index in [0.29, 0.717) is 29.0 Å². The van der Waals surface area contributed by atoms with Crippen molar-refractivity contribution < 1.29 is 14.3 Å². The zero-order chi connectivity index (χ0) is 17.5. The van der Waals surface area contributed by atoms with Crippen LogP contribution in [-0.4, -0.2) is 50.7 Å². The van der Waals surface area contributed by atoms with E-state index in [2.05, 4.69) is 17.1 Å². The molecule has 24 heavy (non-hydrogen) atoms. The monoisotopic (exact) mass is 355 g/mol. The van der Waals surface area contributed by atoms with Crippen LogP contribution in [0.2, 0.25) is 5.02 Å². The molecule has 1 aromatic rings. The van der Waals surface area contributed by atoms with Crippen molar-refractivity contribution >= 4 is 17.5 Å². The number of halogens is 1. The van der Waals surface area contributed by atoms with Crippen LogP contribution in [0.3, 0.4) is 0 Å². The molecular formula is C17H26ClN3O3. The topological polar surface area (TPSA) is 76.8 Å². The van der Waals surface area contributed by atoms with Gasteiger partial charge in [-0.05, 0) is 49.7 Å². The number of amides is 1. The maximum atomic E-state index is 10.9. The summed E-state index contributed by atoms with van der Waals surface area (Å²) in [5.74, 6) is 0.978. The highest BCUT2D eigenvalue weighted by atomic mass is 35.5. The minimum Gasteiger partial charge on any atom is -0.493 e. The van der Waals surface area contributed by atoms with E-state index < -0.39 is 5.91 Å². The largest absolute Gasteiger partial charge is 0.493 e. The number of hydrogen-bond donors (Lipinski definition) is 2. The van der Waals surface area contributed by atoms with Gasteiger partial charge in [-0.2, -0.15) is 0 Å². The summed E-state index contributed by atoms with van der Waals surface area (Å²) in [5, 5.41) is 3.89. The molecule has 1 unspecified atom stereocenters. The average molecular weight is 356 g/mol. The van der Waals surface area contributed by atoms with Gasteiger partial charge in [0.2, 0.25) is 0 Å². The highest BCUT2D eigenvalue weighted by Gasteiger charge is 2.20. The van der Waals surface area contributed by atoms with Gasteiger partial charge in [0.05, 0.1) is 12.1 Å². The third-order valence-corrected chi connectivity index (χ3v) is 4.51. The summed E-state index contributed by atoms with van der Waals surface area (Å²) in [6, 6.07) is 3.68. The summed E-state index contributed by atoms with van der Waals surface area (Å²) >= 11 is 6.25. The van der Waals surface area contributed by atoms with Gasteiger partial charge in [0.15, 0.2) is 18.1 Å². The Bertz CT molecular complexity index is 568. The highest BCUT2D eigenvalue weighted by Crippen LogP contribution is 2.36. The third kappa shape index (κ3) is 5.26. The first-order chi connectivity index (χ1) is 11.5. The van der Waals surface area contributed by atoms with Crippen molar-refractivity contribution in [1.29, 1.82) is 0 Å². The predicted molar refractivity (Wildman–Crippen MR) is 94.6 cm³/mol. The van der Waals surface area contributed by atoms with E-state index in [-0.39, 0.29) is 6.61 Å². The number of hydrogen-bond acceptors (Lipinski definition) is 5. The molecule has 1 aliphatic rings. The molecule has 6 nitrogen and oxygen atoms in total. The first-order valence-electron chi connectivity index (χ1n) is 8.24. The summed E-state index contributed by atoms with van der Waals surface area (Å²) in [4.78, 5) is 13.3. The molecule has 1 aliphatic heterocycles. The summed E-state index contributed by atoms with van der Waals surface area (Å²) in [6.45, 7) is 7.12. The number of nitrogens with two attached hydrogens (primary N) is 1. The van der Waals surface area contributed by atoms with Crippen molar-refractivity contribution in [3.63, 3.8) is 0 Å². The smallest absolute Gasteiger partial charge is 0.255 e. The molecular weight excluding hydrogens is 330 g/mol. The summed E-state index contributed by atoms with van der Waals surface area (Å²) in [7, 11) is 1.54. The van der Waals surface area contributed by atoms with E-state index in [1.165, 1.54) is 20.1 Å². The molecule has 1 saturated heterocycles. The van der Waals surface area contributed by atoms with Gasteiger partial charge in [-0.1, -0.05) is 18.5 Å². The second kappa shape index (κ2) is 9.11. The van der Waals surface area contributed by atoms with Crippen molar-refractivity contribution in [3.05, 3.63) is 22.7 Å². The average Bonchev–Trinajstić information content (AvgIpc) is 3.01. The molecule has 0 aliphatic carbocycles. The number of ether oxygens (including phenoxy) is 2. The molecule has 1 fully saturated rings. The number of nitrogens with zero attached hydrogens (tertiary/aromatic N) is 1. The number of carbonyl (C=O) groups excluding carboxylic acids is 1. The molecule has 0 radical (unpaired) electrons. The predicted octanol–water partition coefficient (Wildman–Crippen LogP) is 1.64. The minimum atomic E-state index is -0.559. The Kier molecular flexibility index (Phi) is 7.15. The molecule has 3 N–H and O–H groups in total. The molecule has 2 rings (SSSR count). The Balaban J connectivity index is 1.91. The fraction of sp³-hybridized carbons (Fsp3) is 0.588. The fourth-order valence-corrected chi connectivity index (χ4v) is 3.23. The van der Waals surface area contributed by atoms with Crippen molar-refractivity contribution in [2.24, 2.45) is 11.7 Å². The Morgan fingerprint density at radius 1 is 1.50 bits per heavy atom. The van der Waals surface area contributed by atoms with E-state index >= 15 is 0 Å². The van der Waals surface area contributed by atoms with Gasteiger partial charge in [0.25, 0.3) is 5.91 Å². The van der Waals surface area contributed by atoms with Gasteiger partial charge in [-0.25, -0.2) is 0 Å². The van der Waals surface area contributed by atoms with Crippen LogP contribution in [0.15, 0.2) is 12.1 Å². The fourth-order valence-electron chi connectivity index (χ4n) is 2.95. The van der Waals surface area contributed by atoms with Crippen LogP contribution in [0.25, 0.3) is 0 Å². The maximum Gasteiger partial charge on any atom is 0.255 e. The molecule has 7 heteroatoms. The number of likely N-dealkylation sites (tertiary alicyclic amines) is 1. The van der Waals surface area contributed by atoms with E-state index in [1.54, 1.807) is 0 Å². The molecule has 1 heterocycles. The molecule has 134 valence electrons. The van der Waals surface area contributed by atoms with Crippen molar-refractivity contribution in [1.82, 2.24) is 10.2 Å². The van der Waals surface area contributed by atoms with Crippen LogP contribution in [0, 0.1) is 5.92 Å². The lowest BCUT2D eigenvalue weighted by Crippen LogP contribution is -2.26. The van der Waals surface area contributed by atoms with Crippen LogP contribution in [0.4, 0.5) is 0 Å². The Hall–Kier alpha value is -1.50. The lowest BCUT2D eigenvalue weighted by Gasteiger charge is -2.15. The van der Waals surface area contributed by atoms with Crippen molar-refractivity contribution in [2.45, 2.75) is 19.9 Å². The van der Waals surface area contributed by atoms with Gasteiger partial charge in [-0.3, -0.25) is 4.79 Å². The van der Waals surface area contributed by atoms with Crippen molar-refractivity contribution in [3.8, 4) is 11.5 Å². The first-order valence-corrected chi connectivity index (χ1v) is 8.61. The van der Waals surface area contributed by atoms with Gasteiger partial charge in [0.1, 0.15) is 0 Å². The molecule has 1 atom stereocenters. The first kappa shape index (κ1) is 18.8. The lowest BCUT2D eigenvalue weighted by atomic mass is 10.1. The van der Waals surface area contributed by atoms with Crippen LogP contribution in [-0.2, 0) is 11.3 Å². The summed E-state index contributed by atoms with van der Waals surface area (Å²) in [6.07, 6.45) is 1.24. The Morgan fingerprint density at radius 3 is 2.92 bits per heavy atom. The van der Waals surface area contributed by atoms with Crippen LogP contribution in [0.5, 0.6) is 11.5 Å². The number of primary amides is 1. The highest BCUT2D eigenvalue weighted by molar-refractivity contribution is 6.32. The minimum absolute atomic E-state index is 0.233. The van der Waals surface area contributed by atoms with Crippen molar-refractivity contribution in [2.75, 3.05) is 39.9 Å². The number of carbonyl (C=O) groups is 1. The zero-order valence-corrected chi connectivity index (χ0v) is 15.1. The van der Waals surface area contributed by atoms with Crippen LogP contribution in [0.1, 0.15) is 18.9 Å². The second-order valence-corrected chi connectivity index (χ2v) is 6.45. The third-order valence-electron chi connectivity index (χ3n) is 4.23. The molecule has 1 amide bonds. The van der Waals surface area contributed by atoms with E-state index in [0.717, 1.165) is 25.2 Å². The number of nitrogens with one attached hydrogen (secondary N) is 1. The quantitative estimate of drug-likeness (QED) is 0.704. The standard InChI is InChI=1S/C17H26ClN3O3/c1-3-21-5-4-12(10-21)8-20-9-13-6-14(18)17(15(7-13)23-2)24-11-16(19)22/h6-7,12,20H,3-5,8-11H2,1-2H3,(H2,19,22). The SMILES string of the molecule is CCN1CCC(CNCc2cc(Cl)c(OCC(N)=O)c(OC)c2)C1. The van der Waals surface area contributed by atoms with E-state index in [1.807, 2.05) is 12.1 Å². The Morgan fingerprint density at radius 2 is 2.29 bits per heavy atom. The van der Waals surface area contributed by atoms with Crippen LogP contribution < -0.4 is 20.5 Å². The molecule has 0 saturated carbocycles. The number of rotatable bonds is 9. The summed E-state index contributed by atoms with van der Waals surface area (Å²) < 4.78 is 10.6. The van der Waals surface area contributed by atoms with Gasteiger partial charge in [0, 0.05) is 13.1 Å². The Labute approximate surface area is 148 Å². The normalized spacial score (nSPS) is 17.9. The summed E-state index contributed by atoms with van der Waals surface area (Å²) in [5.41, 5.74) is 6.10. The molecule has 1 aromatic carbocycles. The van der Waals surface area contributed by atoms with Crippen LogP contribution >= 0.6 is 11.6 Å². The molecule has 0 aromatic heterocycles. The van der Waals surface area contributed by atoms with Gasteiger partial charge < -0.3 is 25.4 Å². The molecule has 0 bridgehead atoms. The van der Waals surface area contributed by atoms with Gasteiger partial charge >= 0.3 is 0 Å².